The Kier molecular flexibility index (Phi) is 5.32. The first-order chi connectivity index (χ1) is 5.89. The summed E-state index contributed by atoms with van der Waals surface area (Å²) in [6, 6.07) is 0. The average Bonchev–Trinajstić information content (AvgIpc) is 1.97. The number of rotatable bonds is 3. The number of hydrogen-bond donors (Lipinski definition) is 0. The molecule has 0 nitrogen and oxygen atoms in total. The molecule has 0 aromatic carbocycles. The molecular weight excluding hydrogens is 240 g/mol. The van der Waals surface area contributed by atoms with Crippen LogP contribution in [0.1, 0.15) is 41.5 Å². The topological polar surface area (TPSA) is 0 Å². The molecule has 0 atom stereocenters. The molecule has 0 aliphatic rings. The molecule has 0 bridgehead atoms. The van der Waals surface area contributed by atoms with Crippen molar-refractivity contribution >= 4 is 24.0 Å². The van der Waals surface area contributed by atoms with E-state index in [2.05, 4.69) is 67.8 Å². The summed E-state index contributed by atoms with van der Waals surface area (Å²) in [5.41, 5.74) is 5.70. The van der Waals surface area contributed by atoms with E-state index in [-0.39, 0.29) is 0 Å². The van der Waals surface area contributed by atoms with Gasteiger partial charge in [-0.15, -0.1) is 5.54 Å². The molecule has 0 fully saturated rings. The smallest absolute Gasteiger partial charge is 0.118 e. The van der Waals surface area contributed by atoms with Gasteiger partial charge in [-0.05, 0) is 21.5 Å². The van der Waals surface area contributed by atoms with Gasteiger partial charge in [-0.1, -0.05) is 41.5 Å². The van der Waals surface area contributed by atoms with E-state index >= 15 is 0 Å². The van der Waals surface area contributed by atoms with E-state index < -0.39 is 8.07 Å². The molecule has 0 spiro atoms. The molecule has 0 amide bonds. The molecule has 0 heterocycles. The third-order valence-electron chi connectivity index (χ3n) is 3.13. The highest BCUT2D eigenvalue weighted by Crippen LogP contribution is 2.40. The Bertz CT molecular complexity index is 186. The summed E-state index contributed by atoms with van der Waals surface area (Å²) in [6.07, 6.45) is 0. The molecule has 0 rings (SSSR count). The maximum Gasteiger partial charge on any atom is 0.147 e. The van der Waals surface area contributed by atoms with Crippen LogP contribution in [0.15, 0.2) is 0 Å². The second kappa shape index (κ2) is 5.22. The molecule has 0 saturated carbocycles. The van der Waals surface area contributed by atoms with E-state index in [4.69, 9.17) is 0 Å². The minimum absolute atomic E-state index is 0.734. The highest BCUT2D eigenvalue weighted by atomic mass is 79.9. The van der Waals surface area contributed by atoms with Crippen LogP contribution in [0, 0.1) is 10.4 Å². The first-order valence-electron chi connectivity index (χ1n) is 5.02. The minimum atomic E-state index is -1.44. The molecule has 0 aliphatic heterocycles. The maximum absolute atomic E-state index is 3.50. The fraction of sp³-hybridized carbons (Fsp3) is 0.818. The third-order valence-corrected chi connectivity index (χ3v) is 9.98. The Morgan fingerprint density at radius 3 is 1.23 bits per heavy atom. The normalized spacial score (nSPS) is 12.2. The van der Waals surface area contributed by atoms with Crippen LogP contribution in [0.4, 0.5) is 0 Å². The molecule has 2 heteroatoms. The van der Waals surface area contributed by atoms with Gasteiger partial charge < -0.3 is 0 Å². The van der Waals surface area contributed by atoms with Crippen molar-refractivity contribution in [1.29, 1.82) is 0 Å². The summed E-state index contributed by atoms with van der Waals surface area (Å²) in [6.45, 7) is 13.9. The van der Waals surface area contributed by atoms with Crippen molar-refractivity contribution in [2.24, 2.45) is 0 Å². The van der Waals surface area contributed by atoms with Gasteiger partial charge in [-0.25, -0.2) is 0 Å². The van der Waals surface area contributed by atoms with Crippen molar-refractivity contribution in [1.82, 2.24) is 0 Å². The number of hydrogen-bond acceptors (Lipinski definition) is 0. The molecule has 0 N–H and O–H groups in total. The van der Waals surface area contributed by atoms with Crippen molar-refractivity contribution in [2.75, 3.05) is 0 Å². The maximum atomic E-state index is 3.50. The largest absolute Gasteiger partial charge is 0.147 e. The lowest BCUT2D eigenvalue weighted by molar-refractivity contribution is 0.838. The van der Waals surface area contributed by atoms with E-state index in [9.17, 15) is 0 Å². The zero-order chi connectivity index (χ0) is 10.6. The van der Waals surface area contributed by atoms with Crippen LogP contribution in [0.5, 0.6) is 0 Å². The van der Waals surface area contributed by atoms with Crippen molar-refractivity contribution in [3.05, 3.63) is 0 Å². The molecule has 0 aliphatic carbocycles. The van der Waals surface area contributed by atoms with Gasteiger partial charge in [0.2, 0.25) is 0 Å². The highest BCUT2D eigenvalue weighted by molar-refractivity contribution is 9.12. The van der Waals surface area contributed by atoms with E-state index in [1.165, 1.54) is 0 Å². The van der Waals surface area contributed by atoms with Crippen molar-refractivity contribution in [3.8, 4) is 10.4 Å². The van der Waals surface area contributed by atoms with Gasteiger partial charge in [0.05, 0.1) is 0 Å². The van der Waals surface area contributed by atoms with Crippen LogP contribution >= 0.6 is 15.9 Å². The molecule has 0 radical (unpaired) electrons. The van der Waals surface area contributed by atoms with Crippen LogP contribution in [0.2, 0.25) is 16.6 Å². The van der Waals surface area contributed by atoms with Gasteiger partial charge in [-0.3, -0.25) is 0 Å². The molecule has 0 aromatic rings. The second-order valence-corrected chi connectivity index (χ2v) is 10.6. The van der Waals surface area contributed by atoms with Crippen molar-refractivity contribution in [3.63, 3.8) is 0 Å². The molecule has 0 aromatic heterocycles. The molecule has 0 unspecified atom stereocenters. The van der Waals surface area contributed by atoms with E-state index in [0.717, 1.165) is 16.6 Å². The van der Waals surface area contributed by atoms with Crippen molar-refractivity contribution < 1.29 is 0 Å². The number of halogens is 1. The first kappa shape index (κ1) is 13.3. The Hall–Kier alpha value is 0.257. The van der Waals surface area contributed by atoms with Gasteiger partial charge in [0.15, 0.2) is 0 Å². The summed E-state index contributed by atoms with van der Waals surface area (Å²) in [7, 11) is -1.44. The Balaban J connectivity index is 5.14. The Morgan fingerprint density at radius 2 is 1.15 bits per heavy atom. The molecule has 76 valence electrons. The summed E-state index contributed by atoms with van der Waals surface area (Å²) in [5, 5.41) is 0. The zero-order valence-electron chi connectivity index (χ0n) is 9.61. The van der Waals surface area contributed by atoms with Crippen LogP contribution in [0.3, 0.4) is 0 Å². The quantitative estimate of drug-likeness (QED) is 0.516. The molecule has 0 saturated heterocycles. The van der Waals surface area contributed by atoms with Gasteiger partial charge in [0.1, 0.15) is 8.07 Å². The van der Waals surface area contributed by atoms with E-state index in [0.29, 0.717) is 0 Å². The molecule has 13 heavy (non-hydrogen) atoms. The summed E-state index contributed by atoms with van der Waals surface area (Å²) < 4.78 is 0. The van der Waals surface area contributed by atoms with E-state index in [1.54, 1.807) is 0 Å². The Morgan fingerprint density at radius 1 is 0.846 bits per heavy atom. The third kappa shape index (κ3) is 2.60. The minimum Gasteiger partial charge on any atom is -0.118 e. The van der Waals surface area contributed by atoms with Crippen LogP contribution < -0.4 is 0 Å². The van der Waals surface area contributed by atoms with E-state index in [1.807, 2.05) is 0 Å². The summed E-state index contributed by atoms with van der Waals surface area (Å²) >= 11 is 3.26. The van der Waals surface area contributed by atoms with Gasteiger partial charge >= 0.3 is 0 Å². The second-order valence-electron chi connectivity index (χ2n) is 4.62. The lowest BCUT2D eigenvalue weighted by Crippen LogP contribution is -2.43. The van der Waals surface area contributed by atoms with Gasteiger partial charge in [-0.2, -0.15) is 0 Å². The standard InChI is InChI=1S/C11H21BrSi/c1-9(2)13(8-7-12,10(3)4)11(5)6/h9-11H,1-6H3. The zero-order valence-corrected chi connectivity index (χ0v) is 12.2. The fourth-order valence-corrected chi connectivity index (χ4v) is 8.57. The van der Waals surface area contributed by atoms with Gasteiger partial charge in [0.25, 0.3) is 0 Å². The monoisotopic (exact) mass is 260 g/mol. The van der Waals surface area contributed by atoms with Crippen molar-refractivity contribution in [2.45, 2.75) is 58.2 Å². The fourth-order valence-electron chi connectivity index (χ4n) is 2.51. The highest BCUT2D eigenvalue weighted by Gasteiger charge is 2.41. The lowest BCUT2D eigenvalue weighted by atomic mass is 10.5. The summed E-state index contributed by atoms with van der Waals surface area (Å²) in [4.78, 5) is 2.98. The predicted octanol–water partition coefficient (Wildman–Crippen LogP) is 4.56. The molecular formula is C11H21BrSi. The van der Waals surface area contributed by atoms with Crippen LogP contribution in [-0.4, -0.2) is 8.07 Å². The lowest BCUT2D eigenvalue weighted by Gasteiger charge is -2.37. The SMILES string of the molecule is CC(C)[Si](C#CBr)(C(C)C)C(C)C. The average molecular weight is 261 g/mol. The van der Waals surface area contributed by atoms with Gasteiger partial charge in [0, 0.05) is 15.9 Å². The Labute approximate surface area is 92.6 Å². The van der Waals surface area contributed by atoms with Crippen LogP contribution in [0.25, 0.3) is 0 Å². The summed E-state index contributed by atoms with van der Waals surface area (Å²) in [5.74, 6) is 0. The predicted molar refractivity (Wildman–Crippen MR) is 67.8 cm³/mol. The first-order valence-corrected chi connectivity index (χ1v) is 8.04. The van der Waals surface area contributed by atoms with Crippen LogP contribution in [-0.2, 0) is 0 Å².